The van der Waals surface area contributed by atoms with Crippen LogP contribution in [0.25, 0.3) is 11.1 Å². The van der Waals surface area contributed by atoms with Crippen LogP contribution in [0, 0.1) is 0 Å². The largest absolute Gasteiger partial charge is 0.464 e. The first kappa shape index (κ1) is 22.3. The fourth-order valence-corrected chi connectivity index (χ4v) is 3.97. The Morgan fingerprint density at radius 2 is 1.39 bits per heavy atom. The number of methoxy groups -OCH3 is 1. The molecular formula is C28H26N2O3. The van der Waals surface area contributed by atoms with E-state index in [-0.39, 0.29) is 17.9 Å². The van der Waals surface area contributed by atoms with Gasteiger partial charge >= 0.3 is 5.97 Å². The lowest BCUT2D eigenvalue weighted by molar-refractivity contribution is -0.132. The molecule has 3 aromatic carbocycles. The zero-order chi connectivity index (χ0) is 23.2. The van der Waals surface area contributed by atoms with E-state index in [0.29, 0.717) is 11.3 Å². The molecule has 5 heteroatoms. The van der Waals surface area contributed by atoms with Crippen LogP contribution in [0.3, 0.4) is 0 Å². The van der Waals surface area contributed by atoms with Gasteiger partial charge in [0.05, 0.1) is 13.5 Å². The first-order valence-corrected chi connectivity index (χ1v) is 11.2. The quantitative estimate of drug-likeness (QED) is 0.155. The Kier molecular flexibility index (Phi) is 6.89. The van der Waals surface area contributed by atoms with Gasteiger partial charge in [-0.05, 0) is 29.5 Å². The number of rotatable bonds is 8. The summed E-state index contributed by atoms with van der Waals surface area (Å²) in [5.74, 6) is -0.861. The number of ether oxygens (including phenoxy) is 1. The van der Waals surface area contributed by atoms with Gasteiger partial charge in [0, 0.05) is 16.7 Å². The molecule has 0 fully saturated rings. The van der Waals surface area contributed by atoms with Gasteiger partial charge in [0.2, 0.25) is 0 Å². The number of fused-ring (bicyclic) bond motifs is 3. The number of nitrogens with zero attached hydrogens (tertiary/aromatic N) is 2. The maximum absolute atomic E-state index is 12.9. The van der Waals surface area contributed by atoms with Crippen molar-refractivity contribution in [2.45, 2.75) is 32.6 Å². The van der Waals surface area contributed by atoms with Crippen molar-refractivity contribution in [3.05, 3.63) is 95.1 Å². The predicted molar refractivity (Wildman–Crippen MR) is 131 cm³/mol. The Balaban J connectivity index is 1.62. The van der Waals surface area contributed by atoms with Gasteiger partial charge in [0.25, 0.3) is 0 Å². The van der Waals surface area contributed by atoms with E-state index in [9.17, 15) is 9.59 Å². The zero-order valence-corrected chi connectivity index (χ0v) is 18.9. The Morgan fingerprint density at radius 3 is 1.94 bits per heavy atom. The van der Waals surface area contributed by atoms with Crippen LogP contribution in [0.5, 0.6) is 0 Å². The number of hydrogen-bond acceptors (Lipinski definition) is 5. The summed E-state index contributed by atoms with van der Waals surface area (Å²) in [6, 6.07) is 23.4. The van der Waals surface area contributed by atoms with E-state index in [0.717, 1.165) is 41.5 Å². The third-order valence-electron chi connectivity index (χ3n) is 5.77. The number of Topliss-reactive ketones (excluding diaryl/α,β-unsaturated/α-hetero) is 1. The molecule has 0 saturated heterocycles. The number of hydrogen-bond donors (Lipinski definition) is 0. The first-order valence-electron chi connectivity index (χ1n) is 11.2. The fourth-order valence-electron chi connectivity index (χ4n) is 3.97. The lowest BCUT2D eigenvalue weighted by Gasteiger charge is -2.05. The van der Waals surface area contributed by atoms with E-state index in [2.05, 4.69) is 17.1 Å². The predicted octanol–water partition coefficient (Wildman–Crippen LogP) is 5.65. The molecule has 33 heavy (non-hydrogen) atoms. The third kappa shape index (κ3) is 4.82. The highest BCUT2D eigenvalue weighted by molar-refractivity contribution is 6.40. The highest BCUT2D eigenvalue weighted by Crippen LogP contribution is 2.36. The molecule has 0 unspecified atom stereocenters. The molecule has 0 aromatic heterocycles. The van der Waals surface area contributed by atoms with Crippen LogP contribution in [0.4, 0.5) is 0 Å². The number of ketones is 1. The van der Waals surface area contributed by atoms with Crippen LogP contribution in [-0.2, 0) is 16.0 Å². The fraction of sp³-hybridized carbons (Fsp3) is 0.214. The SMILES string of the molecule is CCCCc1ccc(C(=O)CC(=NN=C2c3ccccc3-c3ccccc32)C(=O)OC)cc1. The Bertz CT molecular complexity index is 1190. The molecule has 0 saturated carbocycles. The number of esters is 1. The standard InChI is InChI=1S/C28H26N2O3/c1-3-4-9-19-14-16-20(17-15-19)26(31)18-25(28(32)33-2)29-30-27-23-12-7-5-10-21(23)22-11-6-8-13-24(22)27/h5-8,10-17H,3-4,9,18H2,1-2H3. The minimum absolute atomic E-state index is 0.0214. The minimum atomic E-state index is -0.660. The lowest BCUT2D eigenvalue weighted by atomic mass is 10.0. The average Bonchev–Trinajstić information content (AvgIpc) is 3.18. The van der Waals surface area contributed by atoms with Gasteiger partial charge in [-0.2, -0.15) is 0 Å². The highest BCUT2D eigenvalue weighted by atomic mass is 16.5. The van der Waals surface area contributed by atoms with Crippen LogP contribution in [0.1, 0.15) is 53.2 Å². The number of carbonyl (C=O) groups excluding carboxylic acids is 2. The summed E-state index contributed by atoms with van der Waals surface area (Å²) in [5.41, 5.74) is 6.42. The molecule has 1 aliphatic carbocycles. The maximum Gasteiger partial charge on any atom is 0.354 e. The van der Waals surface area contributed by atoms with Crippen LogP contribution in [0.15, 0.2) is 83.0 Å². The van der Waals surface area contributed by atoms with Gasteiger partial charge in [-0.15, -0.1) is 10.2 Å². The maximum atomic E-state index is 12.9. The van der Waals surface area contributed by atoms with Crippen molar-refractivity contribution in [2.75, 3.05) is 7.11 Å². The molecule has 0 radical (unpaired) electrons. The van der Waals surface area contributed by atoms with Crippen LogP contribution >= 0.6 is 0 Å². The van der Waals surface area contributed by atoms with E-state index < -0.39 is 5.97 Å². The second-order valence-corrected chi connectivity index (χ2v) is 7.98. The molecule has 0 heterocycles. The van der Waals surface area contributed by atoms with Crippen LogP contribution in [-0.4, -0.2) is 30.3 Å². The van der Waals surface area contributed by atoms with Gasteiger partial charge in [0.1, 0.15) is 5.71 Å². The summed E-state index contributed by atoms with van der Waals surface area (Å²) in [7, 11) is 1.28. The second kappa shape index (κ2) is 10.2. The molecule has 4 rings (SSSR count). The van der Waals surface area contributed by atoms with E-state index in [1.165, 1.54) is 12.7 Å². The molecule has 0 bridgehead atoms. The van der Waals surface area contributed by atoms with Crippen LogP contribution in [0.2, 0.25) is 0 Å². The lowest BCUT2D eigenvalue weighted by Crippen LogP contribution is -2.20. The Labute approximate surface area is 193 Å². The zero-order valence-electron chi connectivity index (χ0n) is 18.9. The smallest absolute Gasteiger partial charge is 0.354 e. The Morgan fingerprint density at radius 1 is 0.818 bits per heavy atom. The van der Waals surface area contributed by atoms with Crippen LogP contribution < -0.4 is 0 Å². The van der Waals surface area contributed by atoms with Crippen molar-refractivity contribution in [1.82, 2.24) is 0 Å². The summed E-state index contributed by atoms with van der Waals surface area (Å²) in [6.45, 7) is 2.15. The number of carbonyl (C=O) groups is 2. The van der Waals surface area contributed by atoms with E-state index in [1.807, 2.05) is 60.7 Å². The Hall–Kier alpha value is -3.86. The van der Waals surface area contributed by atoms with E-state index in [4.69, 9.17) is 4.74 Å². The molecule has 5 nitrogen and oxygen atoms in total. The van der Waals surface area contributed by atoms with E-state index in [1.54, 1.807) is 12.1 Å². The van der Waals surface area contributed by atoms with Gasteiger partial charge in [0.15, 0.2) is 11.5 Å². The van der Waals surface area contributed by atoms with Crippen molar-refractivity contribution in [2.24, 2.45) is 10.2 Å². The molecule has 0 spiro atoms. The van der Waals surface area contributed by atoms with Crippen molar-refractivity contribution < 1.29 is 14.3 Å². The normalized spacial score (nSPS) is 12.2. The van der Waals surface area contributed by atoms with Gasteiger partial charge in [-0.1, -0.05) is 86.1 Å². The minimum Gasteiger partial charge on any atom is -0.464 e. The summed E-state index contributed by atoms with van der Waals surface area (Å²) in [6.07, 6.45) is 3.04. The third-order valence-corrected chi connectivity index (χ3v) is 5.77. The molecular weight excluding hydrogens is 412 g/mol. The van der Waals surface area contributed by atoms with Crippen molar-refractivity contribution in [3.8, 4) is 11.1 Å². The van der Waals surface area contributed by atoms with Crippen molar-refractivity contribution in [1.29, 1.82) is 0 Å². The first-order chi connectivity index (χ1) is 16.1. The highest BCUT2D eigenvalue weighted by Gasteiger charge is 2.25. The summed E-state index contributed by atoms with van der Waals surface area (Å²) >= 11 is 0. The second-order valence-electron chi connectivity index (χ2n) is 7.98. The van der Waals surface area contributed by atoms with Crippen molar-refractivity contribution >= 4 is 23.2 Å². The summed E-state index contributed by atoms with van der Waals surface area (Å²) in [5, 5.41) is 8.63. The topological polar surface area (TPSA) is 68.1 Å². The molecule has 1 aliphatic rings. The number of aryl methyl sites for hydroxylation is 1. The summed E-state index contributed by atoms with van der Waals surface area (Å²) < 4.78 is 4.88. The summed E-state index contributed by atoms with van der Waals surface area (Å²) in [4.78, 5) is 25.2. The molecule has 0 atom stereocenters. The molecule has 0 N–H and O–H groups in total. The molecule has 3 aromatic rings. The number of benzene rings is 3. The average molecular weight is 439 g/mol. The van der Waals surface area contributed by atoms with E-state index >= 15 is 0 Å². The van der Waals surface area contributed by atoms with Gasteiger partial charge in [-0.25, -0.2) is 4.79 Å². The molecule has 166 valence electrons. The monoisotopic (exact) mass is 438 g/mol. The molecule has 0 amide bonds. The van der Waals surface area contributed by atoms with Gasteiger partial charge in [-0.3, -0.25) is 4.79 Å². The van der Waals surface area contributed by atoms with Crippen molar-refractivity contribution in [3.63, 3.8) is 0 Å². The molecule has 0 aliphatic heterocycles. The van der Waals surface area contributed by atoms with Gasteiger partial charge < -0.3 is 4.74 Å². The number of unbranched alkanes of at least 4 members (excludes halogenated alkanes) is 1.